The second-order valence-electron chi connectivity index (χ2n) is 6.19. The molecule has 0 unspecified atom stereocenters. The van der Waals surface area contributed by atoms with Gasteiger partial charge in [-0.1, -0.05) is 31.9 Å². The first kappa shape index (κ1) is 43.5. The monoisotopic (exact) mass is 746 g/mol. The number of hydrogen-bond donors (Lipinski definition) is 0. The summed E-state index contributed by atoms with van der Waals surface area (Å²) >= 11 is 5.51. The summed E-state index contributed by atoms with van der Waals surface area (Å²) in [6.07, 6.45) is 0. The number of halogens is 2. The third kappa shape index (κ3) is 9.53. The zero-order chi connectivity index (χ0) is 25.2. The van der Waals surface area contributed by atoms with Crippen molar-refractivity contribution in [1.29, 1.82) is 0 Å². The van der Waals surface area contributed by atoms with Crippen molar-refractivity contribution in [2.45, 2.75) is 33.4 Å². The first-order chi connectivity index (χ1) is 14.1. The van der Waals surface area contributed by atoms with Gasteiger partial charge in [0.1, 0.15) is 40.5 Å². The normalized spacial score (nSPS) is 11.9. The summed E-state index contributed by atoms with van der Waals surface area (Å²) in [5.41, 5.74) is -4.14. The molecule has 0 amide bonds. The molecule has 0 N–H and O–H groups in total. The summed E-state index contributed by atoms with van der Waals surface area (Å²) in [5.74, 6) is 0. The Bertz CT molecular complexity index is 1490. The van der Waals surface area contributed by atoms with Crippen molar-refractivity contribution < 1.29 is 170 Å². The van der Waals surface area contributed by atoms with E-state index in [2.05, 4.69) is 31.9 Å². The molecule has 0 heterocycles. The van der Waals surface area contributed by atoms with Crippen molar-refractivity contribution in [1.82, 2.24) is 0 Å². The fourth-order valence-electron chi connectivity index (χ4n) is 2.90. The van der Waals surface area contributed by atoms with Crippen LogP contribution in [0.15, 0.2) is 40.7 Å². The largest absolute Gasteiger partial charge is 1.00 e. The molecule has 0 fully saturated rings. The van der Waals surface area contributed by atoms with Gasteiger partial charge in [0.2, 0.25) is 0 Å². The summed E-state index contributed by atoms with van der Waals surface area (Å²) in [6, 6.07) is 0.975. The first-order valence-corrected chi connectivity index (χ1v) is 14.8. The maximum Gasteiger partial charge on any atom is 1.00 e. The van der Waals surface area contributed by atoms with Crippen molar-refractivity contribution in [3.05, 3.63) is 32.2 Å². The van der Waals surface area contributed by atoms with Gasteiger partial charge in [-0.25, -0.2) is 33.7 Å². The molecular formula is C14H8Br2Na4O12S4. The quantitative estimate of drug-likeness (QED) is 0.205. The first-order valence-electron chi connectivity index (χ1n) is 7.60. The van der Waals surface area contributed by atoms with Crippen LogP contribution in [0.5, 0.6) is 0 Å². The average Bonchev–Trinajstić information content (AvgIpc) is 2.54. The SMILES string of the molecule is Cc1c(Br)cc(S(=O)(=O)[O-])c(-c2c(S(=O)(=O)[O-])cc(Br)c(C)c2S(=O)(=O)[O-])c1S(=O)(=O)[O-].[Na+].[Na+].[Na+].[Na+]. The van der Waals surface area contributed by atoms with E-state index < -0.39 is 91.3 Å². The van der Waals surface area contributed by atoms with E-state index in [9.17, 15) is 51.9 Å². The molecule has 2 aromatic rings. The Morgan fingerprint density at radius 3 is 0.917 bits per heavy atom. The minimum atomic E-state index is -5.75. The molecule has 0 aliphatic carbocycles. The zero-order valence-electron chi connectivity index (χ0n) is 19.4. The van der Waals surface area contributed by atoms with Gasteiger partial charge in [0.15, 0.2) is 0 Å². The zero-order valence-corrected chi connectivity index (χ0v) is 33.9. The Morgan fingerprint density at radius 1 is 0.528 bits per heavy atom. The summed E-state index contributed by atoms with van der Waals surface area (Å²) in [6.45, 7) is 1.89. The van der Waals surface area contributed by atoms with Gasteiger partial charge in [0.25, 0.3) is 0 Å². The summed E-state index contributed by atoms with van der Waals surface area (Å²) < 4.78 is 143. The molecule has 0 saturated carbocycles. The van der Waals surface area contributed by atoms with Crippen LogP contribution in [0.4, 0.5) is 0 Å². The van der Waals surface area contributed by atoms with E-state index >= 15 is 0 Å². The minimum absolute atomic E-state index is 0. The van der Waals surface area contributed by atoms with Crippen molar-refractivity contribution in [3.8, 4) is 11.1 Å². The van der Waals surface area contributed by atoms with Crippen molar-refractivity contribution in [2.24, 2.45) is 0 Å². The third-order valence-corrected chi connectivity index (χ3v) is 9.54. The van der Waals surface area contributed by atoms with Crippen LogP contribution >= 0.6 is 31.9 Å². The van der Waals surface area contributed by atoms with E-state index in [0.717, 1.165) is 13.8 Å². The van der Waals surface area contributed by atoms with Gasteiger partial charge in [0.05, 0.1) is 19.6 Å². The van der Waals surface area contributed by atoms with Gasteiger partial charge < -0.3 is 18.2 Å². The molecular weight excluding hydrogens is 740 g/mol. The predicted octanol–water partition coefficient (Wildman–Crippen LogP) is -10.9. The molecule has 0 aromatic heterocycles. The van der Waals surface area contributed by atoms with Crippen LogP contribution in [-0.2, 0) is 40.5 Å². The van der Waals surface area contributed by atoms with Crippen molar-refractivity contribution >= 4 is 72.3 Å². The molecule has 2 rings (SSSR count). The summed E-state index contributed by atoms with van der Waals surface area (Å²) in [7, 11) is -23.0. The smallest absolute Gasteiger partial charge is 0.744 e. The van der Waals surface area contributed by atoms with Crippen LogP contribution in [0.1, 0.15) is 11.1 Å². The Balaban J connectivity index is -0.00000272. The molecule has 22 heteroatoms. The maximum atomic E-state index is 12.0. The average molecular weight is 748 g/mol. The minimum Gasteiger partial charge on any atom is -0.744 e. The molecule has 36 heavy (non-hydrogen) atoms. The fourth-order valence-corrected chi connectivity index (χ4v) is 7.78. The van der Waals surface area contributed by atoms with E-state index in [1.807, 2.05) is 0 Å². The van der Waals surface area contributed by atoms with Gasteiger partial charge in [-0.3, -0.25) is 0 Å². The van der Waals surface area contributed by atoms with Crippen molar-refractivity contribution in [3.63, 3.8) is 0 Å². The van der Waals surface area contributed by atoms with E-state index in [0.29, 0.717) is 12.1 Å². The maximum absolute atomic E-state index is 12.0. The van der Waals surface area contributed by atoms with Gasteiger partial charge >= 0.3 is 118 Å². The molecule has 0 saturated heterocycles. The molecule has 12 nitrogen and oxygen atoms in total. The number of hydrogen-bond acceptors (Lipinski definition) is 12. The molecule has 0 bridgehead atoms. The fraction of sp³-hybridized carbons (Fsp3) is 0.143. The number of benzene rings is 2. The molecule has 0 atom stereocenters. The van der Waals surface area contributed by atoms with E-state index in [4.69, 9.17) is 0 Å². The topological polar surface area (TPSA) is 229 Å². The molecule has 0 radical (unpaired) electrons. The van der Waals surface area contributed by atoms with Crippen molar-refractivity contribution in [2.75, 3.05) is 0 Å². The van der Waals surface area contributed by atoms with Gasteiger partial charge in [0, 0.05) is 20.1 Å². The van der Waals surface area contributed by atoms with Gasteiger partial charge in [-0.15, -0.1) is 0 Å². The van der Waals surface area contributed by atoms with Gasteiger partial charge in [-0.05, 0) is 37.1 Å². The van der Waals surface area contributed by atoms with E-state index in [1.54, 1.807) is 0 Å². The van der Waals surface area contributed by atoms with Crippen LogP contribution in [0.3, 0.4) is 0 Å². The summed E-state index contributed by atoms with van der Waals surface area (Å²) in [5, 5.41) is 0. The standard InChI is InChI=1S/C14H12Br2O12S4.4Na/c1-5-7(15)3-9(29(17,18)19)11(13(5)31(23,24)25)12-10(30(20,21)22)4-8(16)6(2)14(12)32(26,27)28;;;;/h3-4H,1-2H3,(H,17,18,19)(H,20,21,22)(H,23,24,25)(H,26,27,28);;;;/q;4*+1/p-4. The van der Waals surface area contributed by atoms with E-state index in [-0.39, 0.29) is 118 Å². The molecule has 2 aromatic carbocycles. The summed E-state index contributed by atoms with van der Waals surface area (Å²) in [4.78, 5) is -6.14. The molecule has 0 aliphatic heterocycles. The van der Waals surface area contributed by atoms with Crippen LogP contribution in [-0.4, -0.2) is 51.9 Å². The van der Waals surface area contributed by atoms with Crippen LogP contribution in [0.25, 0.3) is 11.1 Å². The predicted molar refractivity (Wildman–Crippen MR) is 109 cm³/mol. The van der Waals surface area contributed by atoms with Gasteiger partial charge in [-0.2, -0.15) is 0 Å². The second-order valence-corrected chi connectivity index (χ2v) is 13.2. The third-order valence-electron chi connectivity index (χ3n) is 4.15. The molecule has 0 spiro atoms. The Kier molecular flexibility index (Phi) is 18.1. The molecule has 178 valence electrons. The molecule has 0 aliphatic rings. The Hall–Kier alpha value is 3.04. The Morgan fingerprint density at radius 2 is 0.750 bits per heavy atom. The van der Waals surface area contributed by atoms with Crippen LogP contribution < -0.4 is 118 Å². The van der Waals surface area contributed by atoms with E-state index in [1.165, 1.54) is 0 Å². The van der Waals surface area contributed by atoms with Crippen LogP contribution in [0.2, 0.25) is 0 Å². The number of rotatable bonds is 5. The Labute approximate surface area is 313 Å². The van der Waals surface area contributed by atoms with Crippen LogP contribution in [0, 0.1) is 13.8 Å². The second kappa shape index (κ2) is 15.0.